The molecule has 0 spiro atoms. The lowest BCUT2D eigenvalue weighted by atomic mass is 9.87. The maximum Gasteiger partial charge on any atom is 0.126 e. The van der Waals surface area contributed by atoms with Gasteiger partial charge in [-0.2, -0.15) is 0 Å². The molecule has 2 N–H and O–H groups in total. The Labute approximate surface area is 251 Å². The van der Waals surface area contributed by atoms with Crippen molar-refractivity contribution in [1.82, 2.24) is 0 Å². The lowest BCUT2D eigenvalue weighted by molar-refractivity contribution is 0.437. The standard InChI is InChI=1S/C38H58N2O/c1-21(2)29-17-31(23(5)6)37(32(18-29)24(7)8)39-27(13)35-15-16-36(41-35)28(14)40-38-33(25(9)10)19-30(22(3)4)20-34(38)26(11)12/h15-28,39-40H,1-14H3. The highest BCUT2D eigenvalue weighted by molar-refractivity contribution is 5.64. The van der Waals surface area contributed by atoms with Gasteiger partial charge in [-0.1, -0.05) is 107 Å². The van der Waals surface area contributed by atoms with Gasteiger partial charge in [0.25, 0.3) is 0 Å². The van der Waals surface area contributed by atoms with E-state index in [-0.39, 0.29) is 12.1 Å². The molecule has 0 fully saturated rings. The van der Waals surface area contributed by atoms with Crippen molar-refractivity contribution in [3.05, 3.63) is 81.3 Å². The van der Waals surface area contributed by atoms with Crippen LogP contribution in [0, 0.1) is 0 Å². The van der Waals surface area contributed by atoms with E-state index >= 15 is 0 Å². The largest absolute Gasteiger partial charge is 0.462 e. The van der Waals surface area contributed by atoms with Crippen molar-refractivity contribution in [1.29, 1.82) is 0 Å². The average Bonchev–Trinajstić information content (AvgIpc) is 3.38. The smallest absolute Gasteiger partial charge is 0.126 e. The van der Waals surface area contributed by atoms with Gasteiger partial charge in [-0.3, -0.25) is 0 Å². The minimum absolute atomic E-state index is 0.0543. The molecule has 0 saturated carbocycles. The molecular weight excluding hydrogens is 500 g/mol. The number of rotatable bonds is 12. The van der Waals surface area contributed by atoms with Crippen LogP contribution in [0.15, 0.2) is 40.8 Å². The summed E-state index contributed by atoms with van der Waals surface area (Å²) < 4.78 is 6.55. The monoisotopic (exact) mass is 558 g/mol. The summed E-state index contributed by atoms with van der Waals surface area (Å²) in [5, 5.41) is 7.75. The number of hydrogen-bond acceptors (Lipinski definition) is 3. The maximum atomic E-state index is 6.55. The molecule has 3 heteroatoms. The molecule has 3 rings (SSSR count). The van der Waals surface area contributed by atoms with Gasteiger partial charge in [-0.15, -0.1) is 0 Å². The van der Waals surface area contributed by atoms with Crippen LogP contribution in [0.1, 0.15) is 189 Å². The topological polar surface area (TPSA) is 37.2 Å². The Hall–Kier alpha value is -2.68. The lowest BCUT2D eigenvalue weighted by Gasteiger charge is -2.26. The highest BCUT2D eigenvalue weighted by Gasteiger charge is 2.23. The minimum Gasteiger partial charge on any atom is -0.462 e. The third-order valence-electron chi connectivity index (χ3n) is 8.49. The fourth-order valence-electron chi connectivity index (χ4n) is 5.65. The molecule has 0 aliphatic carbocycles. The molecule has 41 heavy (non-hydrogen) atoms. The van der Waals surface area contributed by atoms with Gasteiger partial charge in [0.05, 0.1) is 12.1 Å². The fraction of sp³-hybridized carbons (Fsp3) is 0.579. The molecule has 0 saturated heterocycles. The van der Waals surface area contributed by atoms with E-state index in [1.54, 1.807) is 0 Å². The predicted molar refractivity (Wildman–Crippen MR) is 180 cm³/mol. The fourth-order valence-corrected chi connectivity index (χ4v) is 5.65. The summed E-state index contributed by atoms with van der Waals surface area (Å²) in [7, 11) is 0. The van der Waals surface area contributed by atoms with E-state index in [4.69, 9.17) is 4.42 Å². The molecule has 1 heterocycles. The third-order valence-corrected chi connectivity index (χ3v) is 8.49. The zero-order valence-electron chi connectivity index (χ0n) is 28.5. The van der Waals surface area contributed by atoms with Crippen LogP contribution in [0.2, 0.25) is 0 Å². The number of anilines is 2. The van der Waals surface area contributed by atoms with Crippen LogP contribution in [-0.4, -0.2) is 0 Å². The molecule has 3 aromatic rings. The van der Waals surface area contributed by atoms with E-state index in [0.29, 0.717) is 35.5 Å². The average molecular weight is 559 g/mol. The van der Waals surface area contributed by atoms with Gasteiger partial charge in [0.15, 0.2) is 0 Å². The molecule has 226 valence electrons. The Bertz CT molecular complexity index is 1140. The van der Waals surface area contributed by atoms with E-state index in [1.165, 1.54) is 44.8 Å². The van der Waals surface area contributed by atoms with E-state index in [9.17, 15) is 0 Å². The highest BCUT2D eigenvalue weighted by atomic mass is 16.3. The van der Waals surface area contributed by atoms with Crippen molar-refractivity contribution in [2.45, 2.75) is 145 Å². The number of nitrogens with one attached hydrogen (secondary N) is 2. The Balaban J connectivity index is 1.93. The Kier molecular flexibility index (Phi) is 10.8. The first-order valence-electron chi connectivity index (χ1n) is 16.1. The normalized spacial score (nSPS) is 13.8. The Morgan fingerprint density at radius 2 is 0.683 bits per heavy atom. The van der Waals surface area contributed by atoms with Crippen molar-refractivity contribution in [3.8, 4) is 0 Å². The van der Waals surface area contributed by atoms with Crippen LogP contribution in [0.4, 0.5) is 11.4 Å². The van der Waals surface area contributed by atoms with Crippen LogP contribution in [0.5, 0.6) is 0 Å². The van der Waals surface area contributed by atoms with Crippen LogP contribution in [0.25, 0.3) is 0 Å². The summed E-state index contributed by atoms with van der Waals surface area (Å²) in [5.41, 5.74) is 10.9. The summed E-state index contributed by atoms with van der Waals surface area (Å²) in [6.45, 7) is 31.9. The van der Waals surface area contributed by atoms with Crippen LogP contribution >= 0.6 is 0 Å². The van der Waals surface area contributed by atoms with Gasteiger partial charge in [-0.05, 0) is 94.9 Å². The van der Waals surface area contributed by atoms with Crippen LogP contribution < -0.4 is 10.6 Å². The molecule has 0 aliphatic rings. The van der Waals surface area contributed by atoms with E-state index in [2.05, 4.69) is 144 Å². The summed E-state index contributed by atoms with van der Waals surface area (Å²) in [6.07, 6.45) is 0. The molecule has 0 bridgehead atoms. The third kappa shape index (κ3) is 7.59. The summed E-state index contributed by atoms with van der Waals surface area (Å²) in [5.74, 6) is 4.69. The van der Waals surface area contributed by atoms with Gasteiger partial charge in [0.1, 0.15) is 11.5 Å². The van der Waals surface area contributed by atoms with Gasteiger partial charge in [-0.25, -0.2) is 0 Å². The molecule has 1 aromatic heterocycles. The molecule has 2 unspecified atom stereocenters. The van der Waals surface area contributed by atoms with Crippen molar-refractivity contribution in [2.24, 2.45) is 0 Å². The van der Waals surface area contributed by atoms with E-state index in [0.717, 1.165) is 11.5 Å². The second kappa shape index (κ2) is 13.5. The lowest BCUT2D eigenvalue weighted by Crippen LogP contribution is -2.13. The summed E-state index contributed by atoms with van der Waals surface area (Å²) >= 11 is 0. The number of benzene rings is 2. The second-order valence-electron chi connectivity index (χ2n) is 14.0. The van der Waals surface area contributed by atoms with Gasteiger partial charge in [0, 0.05) is 11.4 Å². The highest BCUT2D eigenvalue weighted by Crippen LogP contribution is 2.40. The van der Waals surface area contributed by atoms with E-state index < -0.39 is 0 Å². The van der Waals surface area contributed by atoms with Crippen LogP contribution in [-0.2, 0) is 0 Å². The molecule has 0 amide bonds. The minimum atomic E-state index is 0.0543. The Morgan fingerprint density at radius 3 is 0.902 bits per heavy atom. The Morgan fingerprint density at radius 1 is 0.415 bits per heavy atom. The zero-order valence-corrected chi connectivity index (χ0v) is 28.5. The SMILES string of the molecule is CC(C)c1cc(C(C)C)c(NC(C)c2ccc(C(C)Nc3c(C(C)C)cc(C(C)C)cc3C(C)C)o2)c(C(C)C)c1. The first-order valence-corrected chi connectivity index (χ1v) is 16.1. The molecule has 2 aromatic carbocycles. The molecule has 0 radical (unpaired) electrons. The van der Waals surface area contributed by atoms with Crippen LogP contribution in [0.3, 0.4) is 0 Å². The van der Waals surface area contributed by atoms with Gasteiger partial charge < -0.3 is 15.1 Å². The molecule has 0 aliphatic heterocycles. The van der Waals surface area contributed by atoms with Crippen molar-refractivity contribution in [2.75, 3.05) is 10.6 Å². The predicted octanol–water partition coefficient (Wildman–Crippen LogP) is 12.4. The maximum absolute atomic E-state index is 6.55. The van der Waals surface area contributed by atoms with Crippen molar-refractivity contribution in [3.63, 3.8) is 0 Å². The molecular formula is C38H58N2O. The summed E-state index contributed by atoms with van der Waals surface area (Å²) in [6, 6.07) is 14.0. The first kappa shape index (κ1) is 32.8. The molecule has 3 nitrogen and oxygen atoms in total. The van der Waals surface area contributed by atoms with Crippen molar-refractivity contribution < 1.29 is 4.42 Å². The molecule has 2 atom stereocenters. The number of hydrogen-bond donors (Lipinski definition) is 2. The van der Waals surface area contributed by atoms with Crippen molar-refractivity contribution >= 4 is 11.4 Å². The quantitative estimate of drug-likeness (QED) is 0.232. The zero-order chi connectivity index (χ0) is 30.8. The second-order valence-corrected chi connectivity index (χ2v) is 14.0. The van der Waals surface area contributed by atoms with E-state index in [1.807, 2.05) is 0 Å². The first-order chi connectivity index (χ1) is 19.1. The van der Waals surface area contributed by atoms with Gasteiger partial charge in [0.2, 0.25) is 0 Å². The summed E-state index contributed by atoms with van der Waals surface area (Å²) in [4.78, 5) is 0. The van der Waals surface area contributed by atoms with Gasteiger partial charge >= 0.3 is 0 Å². The number of furan rings is 1.